The SMILES string of the molecule is COC1(OC)/C=C\C(=O)OCCCC(OC)(OC)/C=C/C(=O)OCCC1. The fourth-order valence-corrected chi connectivity index (χ4v) is 2.48. The monoisotopic (exact) mass is 372 g/mol. The zero-order valence-corrected chi connectivity index (χ0v) is 15.8. The molecule has 0 aromatic carbocycles. The van der Waals surface area contributed by atoms with E-state index >= 15 is 0 Å². The first-order valence-corrected chi connectivity index (χ1v) is 8.37. The number of ether oxygens (including phenoxy) is 6. The minimum atomic E-state index is -1.08. The largest absolute Gasteiger partial charge is 0.463 e. The van der Waals surface area contributed by atoms with Crippen LogP contribution in [0.2, 0.25) is 0 Å². The molecule has 0 fully saturated rings. The van der Waals surface area contributed by atoms with Crippen molar-refractivity contribution in [3.8, 4) is 0 Å². The van der Waals surface area contributed by atoms with Crippen molar-refractivity contribution in [2.24, 2.45) is 0 Å². The first-order chi connectivity index (χ1) is 12.4. The zero-order chi connectivity index (χ0) is 19.5. The molecule has 26 heavy (non-hydrogen) atoms. The number of carbonyl (C=O) groups excluding carboxylic acids is 2. The predicted octanol–water partition coefficient (Wildman–Crippen LogP) is 1.74. The topological polar surface area (TPSA) is 89.5 Å². The van der Waals surface area contributed by atoms with Crippen LogP contribution in [0, 0.1) is 0 Å². The third-order valence-electron chi connectivity index (χ3n) is 4.16. The Morgan fingerprint density at radius 3 is 1.38 bits per heavy atom. The van der Waals surface area contributed by atoms with Crippen LogP contribution in [0.25, 0.3) is 0 Å². The van der Waals surface area contributed by atoms with Crippen molar-refractivity contribution in [2.75, 3.05) is 41.7 Å². The first kappa shape index (κ1) is 22.3. The molecule has 0 atom stereocenters. The van der Waals surface area contributed by atoms with Crippen molar-refractivity contribution in [1.29, 1.82) is 0 Å². The van der Waals surface area contributed by atoms with Crippen LogP contribution in [0.5, 0.6) is 0 Å². The maximum Gasteiger partial charge on any atom is 0.330 e. The van der Waals surface area contributed by atoms with E-state index in [1.165, 1.54) is 52.7 Å². The fourth-order valence-electron chi connectivity index (χ4n) is 2.48. The van der Waals surface area contributed by atoms with Gasteiger partial charge in [0.2, 0.25) is 0 Å². The number of methoxy groups -OCH3 is 4. The normalized spacial score (nSPS) is 24.3. The summed E-state index contributed by atoms with van der Waals surface area (Å²) in [6.45, 7) is 0.339. The molecule has 0 unspecified atom stereocenters. The van der Waals surface area contributed by atoms with E-state index in [1.54, 1.807) is 0 Å². The van der Waals surface area contributed by atoms with E-state index < -0.39 is 23.5 Å². The van der Waals surface area contributed by atoms with Crippen molar-refractivity contribution in [3.05, 3.63) is 24.3 Å². The quantitative estimate of drug-likeness (QED) is 0.545. The molecule has 0 saturated heterocycles. The first-order valence-electron chi connectivity index (χ1n) is 8.37. The minimum absolute atomic E-state index is 0.170. The van der Waals surface area contributed by atoms with E-state index in [0.717, 1.165) is 0 Å². The van der Waals surface area contributed by atoms with E-state index in [2.05, 4.69) is 0 Å². The molecule has 1 heterocycles. The Labute approximate surface area is 154 Å². The summed E-state index contributed by atoms with van der Waals surface area (Å²) in [6, 6.07) is 0. The second-order valence-electron chi connectivity index (χ2n) is 5.65. The summed E-state index contributed by atoms with van der Waals surface area (Å²) >= 11 is 0. The Kier molecular flexibility index (Phi) is 9.50. The van der Waals surface area contributed by atoms with Crippen LogP contribution >= 0.6 is 0 Å². The lowest BCUT2D eigenvalue weighted by atomic mass is 10.1. The molecule has 148 valence electrons. The van der Waals surface area contributed by atoms with Gasteiger partial charge in [0.25, 0.3) is 0 Å². The van der Waals surface area contributed by atoms with Crippen LogP contribution in [0.4, 0.5) is 0 Å². The molecule has 0 amide bonds. The van der Waals surface area contributed by atoms with Gasteiger partial charge in [-0.15, -0.1) is 0 Å². The third kappa shape index (κ3) is 6.87. The lowest BCUT2D eigenvalue weighted by Crippen LogP contribution is -2.33. The summed E-state index contributed by atoms with van der Waals surface area (Å²) in [6.07, 6.45) is 7.26. The highest BCUT2D eigenvalue weighted by Gasteiger charge is 2.28. The minimum Gasteiger partial charge on any atom is -0.463 e. The highest BCUT2D eigenvalue weighted by molar-refractivity contribution is 5.82. The van der Waals surface area contributed by atoms with Crippen LogP contribution < -0.4 is 0 Å². The molecule has 0 N–H and O–H groups in total. The molecule has 0 aromatic rings. The third-order valence-corrected chi connectivity index (χ3v) is 4.16. The number of hydrogen-bond donors (Lipinski definition) is 0. The summed E-state index contributed by atoms with van der Waals surface area (Å²) in [7, 11) is 5.89. The van der Waals surface area contributed by atoms with Crippen LogP contribution in [0.15, 0.2) is 24.3 Å². The van der Waals surface area contributed by atoms with E-state index in [4.69, 9.17) is 28.4 Å². The van der Waals surface area contributed by atoms with E-state index in [1.807, 2.05) is 0 Å². The Bertz CT molecular complexity index is 457. The Morgan fingerprint density at radius 1 is 0.731 bits per heavy atom. The molecule has 0 bridgehead atoms. The second kappa shape index (κ2) is 11.1. The smallest absolute Gasteiger partial charge is 0.330 e. The van der Waals surface area contributed by atoms with Crippen molar-refractivity contribution in [2.45, 2.75) is 37.3 Å². The molecule has 0 saturated carbocycles. The average molecular weight is 372 g/mol. The van der Waals surface area contributed by atoms with Crippen molar-refractivity contribution >= 4 is 11.9 Å². The van der Waals surface area contributed by atoms with E-state index in [0.29, 0.717) is 25.7 Å². The zero-order valence-electron chi connectivity index (χ0n) is 15.8. The van der Waals surface area contributed by atoms with Gasteiger partial charge in [0.15, 0.2) is 11.6 Å². The molecule has 1 rings (SSSR count). The second-order valence-corrected chi connectivity index (χ2v) is 5.65. The highest BCUT2D eigenvalue weighted by atomic mass is 16.7. The number of cyclic esters (lactones) is 2. The number of carbonyl (C=O) groups is 2. The van der Waals surface area contributed by atoms with Gasteiger partial charge >= 0.3 is 11.9 Å². The molecular formula is C18H28O8. The van der Waals surface area contributed by atoms with Crippen LogP contribution in [-0.2, 0) is 38.0 Å². The summed E-state index contributed by atoms with van der Waals surface area (Å²) in [5.41, 5.74) is 0. The van der Waals surface area contributed by atoms with Gasteiger partial charge in [-0.1, -0.05) is 0 Å². The van der Waals surface area contributed by atoms with Gasteiger partial charge in [0.05, 0.1) is 13.2 Å². The molecule has 1 aliphatic rings. The van der Waals surface area contributed by atoms with Gasteiger partial charge < -0.3 is 28.4 Å². The maximum atomic E-state index is 11.9. The predicted molar refractivity (Wildman–Crippen MR) is 92.2 cm³/mol. The van der Waals surface area contributed by atoms with Crippen LogP contribution in [0.1, 0.15) is 25.7 Å². The van der Waals surface area contributed by atoms with Gasteiger partial charge in [-0.3, -0.25) is 0 Å². The van der Waals surface area contributed by atoms with Gasteiger partial charge in [0, 0.05) is 53.4 Å². The summed E-state index contributed by atoms with van der Waals surface area (Å²) in [5, 5.41) is 0. The van der Waals surface area contributed by atoms with Crippen molar-refractivity contribution < 1.29 is 38.0 Å². The number of esters is 2. The average Bonchev–Trinajstić information content (AvgIpc) is 2.67. The maximum absolute atomic E-state index is 11.9. The van der Waals surface area contributed by atoms with Gasteiger partial charge in [-0.2, -0.15) is 0 Å². The lowest BCUT2D eigenvalue weighted by molar-refractivity contribution is -0.179. The van der Waals surface area contributed by atoms with Crippen LogP contribution in [0.3, 0.4) is 0 Å². The Hall–Kier alpha value is -1.74. The van der Waals surface area contributed by atoms with Crippen molar-refractivity contribution in [1.82, 2.24) is 0 Å². The molecule has 8 nitrogen and oxygen atoms in total. The number of rotatable bonds is 4. The van der Waals surface area contributed by atoms with Gasteiger partial charge in [-0.25, -0.2) is 9.59 Å². The van der Waals surface area contributed by atoms with Crippen LogP contribution in [-0.4, -0.2) is 65.2 Å². The molecule has 0 spiro atoms. The molecule has 0 aromatic heterocycles. The molecule has 1 aliphatic heterocycles. The highest BCUT2D eigenvalue weighted by Crippen LogP contribution is 2.22. The number of hydrogen-bond acceptors (Lipinski definition) is 8. The molecule has 0 aliphatic carbocycles. The Morgan fingerprint density at radius 2 is 1.08 bits per heavy atom. The molecule has 8 heteroatoms. The summed E-state index contributed by atoms with van der Waals surface area (Å²) in [4.78, 5) is 23.7. The fraction of sp³-hybridized carbons (Fsp3) is 0.667. The molecule has 0 radical (unpaired) electrons. The van der Waals surface area contributed by atoms with E-state index in [-0.39, 0.29) is 13.2 Å². The molecular weight excluding hydrogens is 344 g/mol. The Balaban J connectivity index is 2.90. The summed E-state index contributed by atoms with van der Waals surface area (Å²) in [5.74, 6) is -3.17. The van der Waals surface area contributed by atoms with Gasteiger partial charge in [-0.05, 0) is 25.0 Å². The standard InChI is InChI=1S/C18H28O8/c1-21-17(22-2)9-5-13-25-16(20)8-12-18(23-3,24-4)10-6-14-26-15(19)7-11-17/h7-8,11-12H,5-6,9-10,13-14H2,1-4H3/b11-7-,12-8+. The van der Waals surface area contributed by atoms with E-state index in [9.17, 15) is 9.59 Å². The summed E-state index contributed by atoms with van der Waals surface area (Å²) < 4.78 is 31.8. The van der Waals surface area contributed by atoms with Gasteiger partial charge in [0.1, 0.15) is 0 Å². The van der Waals surface area contributed by atoms with Crippen molar-refractivity contribution in [3.63, 3.8) is 0 Å². The lowest BCUT2D eigenvalue weighted by Gasteiger charge is -2.28.